The van der Waals surface area contributed by atoms with Gasteiger partial charge < -0.3 is 10.6 Å². The first kappa shape index (κ1) is 13.6. The van der Waals surface area contributed by atoms with Crippen molar-refractivity contribution in [1.82, 2.24) is 10.3 Å². The highest BCUT2D eigenvalue weighted by molar-refractivity contribution is 5.93. The van der Waals surface area contributed by atoms with Gasteiger partial charge in [-0.1, -0.05) is 30.3 Å². The molecule has 4 nitrogen and oxygen atoms in total. The second kappa shape index (κ2) is 5.95. The van der Waals surface area contributed by atoms with E-state index in [9.17, 15) is 4.79 Å². The summed E-state index contributed by atoms with van der Waals surface area (Å²) in [6, 6.07) is 14.4. The van der Waals surface area contributed by atoms with E-state index in [1.807, 2.05) is 24.3 Å². The molecule has 0 spiro atoms. The summed E-state index contributed by atoms with van der Waals surface area (Å²) in [6.45, 7) is 2.10. The summed E-state index contributed by atoms with van der Waals surface area (Å²) in [7, 11) is 0. The molecule has 1 unspecified atom stereocenters. The first-order valence-corrected chi connectivity index (χ1v) is 7.31. The zero-order valence-corrected chi connectivity index (χ0v) is 12.0. The lowest BCUT2D eigenvalue weighted by Gasteiger charge is -2.16. The molecule has 2 N–H and O–H groups in total. The summed E-state index contributed by atoms with van der Waals surface area (Å²) in [6.07, 6.45) is 3.82. The molecule has 1 saturated carbocycles. The van der Waals surface area contributed by atoms with Crippen molar-refractivity contribution in [1.29, 1.82) is 0 Å². The predicted octanol–water partition coefficient (Wildman–Crippen LogP) is 3.15. The minimum atomic E-state index is -0.0893. The average molecular weight is 281 g/mol. The number of carbonyl (C=O) groups is 1. The Kier molecular flexibility index (Phi) is 3.86. The second-order valence-electron chi connectivity index (χ2n) is 5.45. The van der Waals surface area contributed by atoms with Crippen LogP contribution in [0.1, 0.15) is 41.9 Å². The highest BCUT2D eigenvalue weighted by Crippen LogP contribution is 2.21. The Balaban J connectivity index is 1.69. The van der Waals surface area contributed by atoms with Gasteiger partial charge in [-0.15, -0.1) is 0 Å². The Morgan fingerprint density at radius 2 is 2.00 bits per heavy atom. The number of carbonyl (C=O) groups excluding carboxylic acids is 1. The Morgan fingerprint density at radius 3 is 2.71 bits per heavy atom. The summed E-state index contributed by atoms with van der Waals surface area (Å²) in [5.74, 6) is -0.0893. The van der Waals surface area contributed by atoms with Gasteiger partial charge >= 0.3 is 0 Å². The Labute approximate surface area is 124 Å². The third-order valence-corrected chi connectivity index (χ3v) is 3.59. The molecule has 21 heavy (non-hydrogen) atoms. The number of pyridine rings is 1. The first-order chi connectivity index (χ1) is 10.2. The monoisotopic (exact) mass is 281 g/mol. The SMILES string of the molecule is CC(Nc1ccnc(C(=O)NC2CC2)c1)c1ccccc1. The first-order valence-electron chi connectivity index (χ1n) is 7.31. The van der Waals surface area contributed by atoms with E-state index in [-0.39, 0.29) is 11.9 Å². The van der Waals surface area contributed by atoms with Crippen LogP contribution < -0.4 is 10.6 Å². The standard InChI is InChI=1S/C17H19N3O/c1-12(13-5-3-2-4-6-13)19-15-9-10-18-16(11-15)17(21)20-14-7-8-14/h2-6,9-12,14H,7-8H2,1H3,(H,18,19)(H,20,21). The van der Waals surface area contributed by atoms with Crippen LogP contribution in [0.5, 0.6) is 0 Å². The normalized spacial score (nSPS) is 15.3. The second-order valence-corrected chi connectivity index (χ2v) is 5.45. The van der Waals surface area contributed by atoms with E-state index in [1.165, 1.54) is 5.56 Å². The molecule has 0 aliphatic heterocycles. The lowest BCUT2D eigenvalue weighted by atomic mass is 10.1. The number of aromatic nitrogens is 1. The Bertz CT molecular complexity index is 623. The number of rotatable bonds is 5. The number of nitrogens with one attached hydrogen (secondary N) is 2. The minimum absolute atomic E-state index is 0.0893. The molecule has 108 valence electrons. The van der Waals surface area contributed by atoms with Crippen molar-refractivity contribution in [2.24, 2.45) is 0 Å². The molecule has 1 amide bonds. The van der Waals surface area contributed by atoms with Crippen molar-refractivity contribution >= 4 is 11.6 Å². The summed E-state index contributed by atoms with van der Waals surface area (Å²) < 4.78 is 0. The van der Waals surface area contributed by atoms with Gasteiger partial charge in [-0.05, 0) is 37.5 Å². The quantitative estimate of drug-likeness (QED) is 0.885. The Hall–Kier alpha value is -2.36. The molecule has 4 heteroatoms. The molecule has 1 fully saturated rings. The molecule has 1 aliphatic rings. The molecule has 0 saturated heterocycles. The summed E-state index contributed by atoms with van der Waals surface area (Å²) in [4.78, 5) is 16.1. The maximum absolute atomic E-state index is 12.0. The molecule has 0 bridgehead atoms. The van der Waals surface area contributed by atoms with Crippen LogP contribution in [0, 0.1) is 0 Å². The van der Waals surface area contributed by atoms with E-state index >= 15 is 0 Å². The number of hydrogen-bond donors (Lipinski definition) is 2. The van der Waals surface area contributed by atoms with Crippen molar-refractivity contribution in [3.05, 3.63) is 59.9 Å². The van der Waals surface area contributed by atoms with E-state index in [0.717, 1.165) is 18.5 Å². The number of hydrogen-bond acceptors (Lipinski definition) is 3. The van der Waals surface area contributed by atoms with E-state index in [0.29, 0.717) is 11.7 Å². The molecular formula is C17H19N3O. The smallest absolute Gasteiger partial charge is 0.270 e. The third-order valence-electron chi connectivity index (χ3n) is 3.59. The molecule has 3 rings (SSSR count). The summed E-state index contributed by atoms with van der Waals surface area (Å²) in [5, 5.41) is 6.36. The fraction of sp³-hybridized carbons (Fsp3) is 0.294. The van der Waals surface area contributed by atoms with Gasteiger partial charge in [0.15, 0.2) is 0 Å². The van der Waals surface area contributed by atoms with E-state index in [1.54, 1.807) is 12.3 Å². The van der Waals surface area contributed by atoms with Gasteiger partial charge in [0.05, 0.1) is 0 Å². The van der Waals surface area contributed by atoms with Crippen LogP contribution in [0.15, 0.2) is 48.7 Å². The lowest BCUT2D eigenvalue weighted by molar-refractivity contribution is 0.0946. The molecule has 1 atom stereocenters. The van der Waals surface area contributed by atoms with Crippen LogP contribution in [0.2, 0.25) is 0 Å². The van der Waals surface area contributed by atoms with Gasteiger partial charge in [-0.2, -0.15) is 0 Å². The molecule has 2 aromatic rings. The van der Waals surface area contributed by atoms with Crippen LogP contribution in [0.3, 0.4) is 0 Å². The zero-order chi connectivity index (χ0) is 14.7. The van der Waals surface area contributed by atoms with Crippen molar-refractivity contribution in [2.45, 2.75) is 31.8 Å². The van der Waals surface area contributed by atoms with Gasteiger partial charge in [0.1, 0.15) is 5.69 Å². The Morgan fingerprint density at radius 1 is 1.24 bits per heavy atom. The fourth-order valence-electron chi connectivity index (χ4n) is 2.21. The topological polar surface area (TPSA) is 54.0 Å². The van der Waals surface area contributed by atoms with Crippen molar-refractivity contribution < 1.29 is 4.79 Å². The van der Waals surface area contributed by atoms with Crippen LogP contribution in [-0.2, 0) is 0 Å². The number of amides is 1. The number of nitrogens with zero attached hydrogens (tertiary/aromatic N) is 1. The highest BCUT2D eigenvalue weighted by atomic mass is 16.2. The average Bonchev–Trinajstić information content (AvgIpc) is 3.32. The number of anilines is 1. The van der Waals surface area contributed by atoms with Crippen molar-refractivity contribution in [3.8, 4) is 0 Å². The van der Waals surface area contributed by atoms with Crippen molar-refractivity contribution in [2.75, 3.05) is 5.32 Å². The maximum Gasteiger partial charge on any atom is 0.270 e. The fourth-order valence-corrected chi connectivity index (χ4v) is 2.21. The van der Waals surface area contributed by atoms with Gasteiger partial charge in [-0.3, -0.25) is 9.78 Å². The van der Waals surface area contributed by atoms with Gasteiger partial charge in [0.25, 0.3) is 5.91 Å². The highest BCUT2D eigenvalue weighted by Gasteiger charge is 2.24. The van der Waals surface area contributed by atoms with Crippen LogP contribution in [-0.4, -0.2) is 16.9 Å². The molecule has 1 aliphatic carbocycles. The largest absolute Gasteiger partial charge is 0.378 e. The summed E-state index contributed by atoms with van der Waals surface area (Å²) in [5.41, 5.74) is 2.58. The van der Waals surface area contributed by atoms with E-state index < -0.39 is 0 Å². The molecule has 1 aromatic carbocycles. The minimum Gasteiger partial charge on any atom is -0.378 e. The zero-order valence-electron chi connectivity index (χ0n) is 12.0. The lowest BCUT2D eigenvalue weighted by Crippen LogP contribution is -2.26. The van der Waals surface area contributed by atoms with Gasteiger partial charge in [-0.25, -0.2) is 0 Å². The van der Waals surface area contributed by atoms with Gasteiger partial charge in [0, 0.05) is 24.0 Å². The number of benzene rings is 1. The summed E-state index contributed by atoms with van der Waals surface area (Å²) >= 11 is 0. The molecular weight excluding hydrogens is 262 g/mol. The maximum atomic E-state index is 12.0. The van der Waals surface area contributed by atoms with Crippen LogP contribution in [0.4, 0.5) is 5.69 Å². The van der Waals surface area contributed by atoms with E-state index in [2.05, 4.69) is 34.7 Å². The van der Waals surface area contributed by atoms with Gasteiger partial charge in [0.2, 0.25) is 0 Å². The van der Waals surface area contributed by atoms with E-state index in [4.69, 9.17) is 0 Å². The molecule has 0 radical (unpaired) electrons. The van der Waals surface area contributed by atoms with Crippen LogP contribution >= 0.6 is 0 Å². The third kappa shape index (κ3) is 3.60. The molecule has 1 heterocycles. The van der Waals surface area contributed by atoms with Crippen molar-refractivity contribution in [3.63, 3.8) is 0 Å². The molecule has 1 aromatic heterocycles. The predicted molar refractivity (Wildman–Crippen MR) is 83.2 cm³/mol. The van der Waals surface area contributed by atoms with Crippen LogP contribution in [0.25, 0.3) is 0 Å².